The zero-order valence-corrected chi connectivity index (χ0v) is 10.1. The number of rotatable bonds is 2. The van der Waals surface area contributed by atoms with Crippen LogP contribution in [0.5, 0.6) is 0 Å². The van der Waals surface area contributed by atoms with Crippen molar-refractivity contribution < 1.29 is 0 Å². The SMILES string of the molecule is Cc1nnc(N2CCC(C(C)N)C2)nc1C. The summed E-state index contributed by atoms with van der Waals surface area (Å²) in [6, 6.07) is 0.240. The molecule has 1 saturated heterocycles. The molecule has 88 valence electrons. The van der Waals surface area contributed by atoms with Crippen LogP contribution >= 0.6 is 0 Å². The summed E-state index contributed by atoms with van der Waals surface area (Å²) in [4.78, 5) is 6.63. The van der Waals surface area contributed by atoms with Gasteiger partial charge in [0.25, 0.3) is 0 Å². The Balaban J connectivity index is 2.11. The lowest BCUT2D eigenvalue weighted by molar-refractivity contribution is 0.487. The van der Waals surface area contributed by atoms with Crippen molar-refractivity contribution in [2.75, 3.05) is 18.0 Å². The zero-order valence-electron chi connectivity index (χ0n) is 10.1. The average molecular weight is 221 g/mol. The van der Waals surface area contributed by atoms with Crippen LogP contribution in [0, 0.1) is 19.8 Å². The molecule has 1 aliphatic heterocycles. The summed E-state index contributed by atoms with van der Waals surface area (Å²) in [7, 11) is 0. The standard InChI is InChI=1S/C11H19N5/c1-7(12)10-4-5-16(6-10)11-13-8(2)9(3)14-15-11/h7,10H,4-6,12H2,1-3H3. The summed E-state index contributed by atoms with van der Waals surface area (Å²) in [5, 5.41) is 8.25. The molecule has 1 fully saturated rings. The highest BCUT2D eigenvalue weighted by molar-refractivity contribution is 5.31. The van der Waals surface area contributed by atoms with E-state index in [4.69, 9.17) is 5.73 Å². The summed E-state index contributed by atoms with van der Waals surface area (Å²) < 4.78 is 0. The normalized spacial score (nSPS) is 22.5. The number of aryl methyl sites for hydroxylation is 2. The van der Waals surface area contributed by atoms with Crippen LogP contribution < -0.4 is 10.6 Å². The van der Waals surface area contributed by atoms with E-state index in [2.05, 4.69) is 27.0 Å². The maximum atomic E-state index is 5.91. The van der Waals surface area contributed by atoms with Crippen LogP contribution in [0.3, 0.4) is 0 Å². The van der Waals surface area contributed by atoms with Crippen molar-refractivity contribution in [1.82, 2.24) is 15.2 Å². The van der Waals surface area contributed by atoms with Crippen LogP contribution in [0.1, 0.15) is 24.7 Å². The van der Waals surface area contributed by atoms with Crippen molar-refractivity contribution >= 4 is 5.95 Å². The average Bonchev–Trinajstić information content (AvgIpc) is 2.71. The van der Waals surface area contributed by atoms with E-state index in [0.29, 0.717) is 5.92 Å². The molecular weight excluding hydrogens is 202 g/mol. The first-order valence-electron chi connectivity index (χ1n) is 5.76. The maximum Gasteiger partial charge on any atom is 0.245 e. The van der Waals surface area contributed by atoms with Crippen molar-refractivity contribution in [3.05, 3.63) is 11.4 Å². The smallest absolute Gasteiger partial charge is 0.245 e. The third-order valence-corrected chi connectivity index (χ3v) is 3.33. The zero-order chi connectivity index (χ0) is 11.7. The van der Waals surface area contributed by atoms with E-state index in [0.717, 1.165) is 36.8 Å². The van der Waals surface area contributed by atoms with Gasteiger partial charge in [-0.2, -0.15) is 5.10 Å². The first kappa shape index (κ1) is 11.3. The minimum absolute atomic E-state index is 0.240. The predicted octanol–water partition coefficient (Wildman–Crippen LogP) is 0.662. The number of hydrogen-bond acceptors (Lipinski definition) is 5. The van der Waals surface area contributed by atoms with Crippen molar-refractivity contribution in [3.8, 4) is 0 Å². The highest BCUT2D eigenvalue weighted by Crippen LogP contribution is 2.22. The predicted molar refractivity (Wildman–Crippen MR) is 63.3 cm³/mol. The lowest BCUT2D eigenvalue weighted by Crippen LogP contribution is -2.30. The summed E-state index contributed by atoms with van der Waals surface area (Å²) in [5.41, 5.74) is 7.76. The van der Waals surface area contributed by atoms with Gasteiger partial charge in [-0.25, -0.2) is 4.98 Å². The summed E-state index contributed by atoms with van der Waals surface area (Å²) in [5.74, 6) is 1.29. The molecule has 2 unspecified atom stereocenters. The molecule has 5 heteroatoms. The molecule has 1 aliphatic rings. The van der Waals surface area contributed by atoms with E-state index in [1.54, 1.807) is 0 Å². The molecule has 0 amide bonds. The molecule has 0 spiro atoms. The second-order valence-electron chi connectivity index (χ2n) is 4.64. The monoisotopic (exact) mass is 221 g/mol. The molecule has 5 nitrogen and oxygen atoms in total. The molecular formula is C11H19N5. The fourth-order valence-corrected chi connectivity index (χ4v) is 1.98. The van der Waals surface area contributed by atoms with Gasteiger partial charge in [0, 0.05) is 19.1 Å². The second-order valence-corrected chi connectivity index (χ2v) is 4.64. The fourth-order valence-electron chi connectivity index (χ4n) is 1.98. The molecule has 2 N–H and O–H groups in total. The van der Waals surface area contributed by atoms with Gasteiger partial charge in [0.2, 0.25) is 5.95 Å². The van der Waals surface area contributed by atoms with E-state index in [-0.39, 0.29) is 6.04 Å². The quantitative estimate of drug-likeness (QED) is 0.794. The lowest BCUT2D eigenvalue weighted by atomic mass is 10.0. The van der Waals surface area contributed by atoms with Crippen molar-refractivity contribution in [2.24, 2.45) is 11.7 Å². The molecule has 0 aromatic carbocycles. The molecule has 1 aromatic heterocycles. The minimum Gasteiger partial charge on any atom is -0.339 e. The van der Waals surface area contributed by atoms with Crippen molar-refractivity contribution in [2.45, 2.75) is 33.2 Å². The number of hydrogen-bond donors (Lipinski definition) is 1. The largest absolute Gasteiger partial charge is 0.339 e. The van der Waals surface area contributed by atoms with Gasteiger partial charge in [-0.1, -0.05) is 0 Å². The Morgan fingerprint density at radius 1 is 1.31 bits per heavy atom. The molecule has 2 atom stereocenters. The van der Waals surface area contributed by atoms with Gasteiger partial charge in [0.05, 0.1) is 11.4 Å². The molecule has 2 heterocycles. The number of nitrogens with two attached hydrogens (primary N) is 1. The molecule has 0 radical (unpaired) electrons. The van der Waals surface area contributed by atoms with Crippen LogP contribution in [0.15, 0.2) is 0 Å². The Kier molecular flexibility index (Phi) is 3.05. The maximum absolute atomic E-state index is 5.91. The van der Waals surface area contributed by atoms with Crippen LogP contribution in [-0.4, -0.2) is 34.3 Å². The third kappa shape index (κ3) is 2.14. The summed E-state index contributed by atoms with van der Waals surface area (Å²) in [6.07, 6.45) is 1.12. The topological polar surface area (TPSA) is 67.9 Å². The van der Waals surface area contributed by atoms with Gasteiger partial charge in [0.1, 0.15) is 0 Å². The Bertz CT molecular complexity index is 377. The lowest BCUT2D eigenvalue weighted by Gasteiger charge is -2.17. The number of aromatic nitrogens is 3. The fraction of sp³-hybridized carbons (Fsp3) is 0.727. The molecule has 16 heavy (non-hydrogen) atoms. The van der Waals surface area contributed by atoms with Gasteiger partial charge in [-0.15, -0.1) is 5.10 Å². The van der Waals surface area contributed by atoms with E-state index < -0.39 is 0 Å². The minimum atomic E-state index is 0.240. The van der Waals surface area contributed by atoms with E-state index in [9.17, 15) is 0 Å². The van der Waals surface area contributed by atoms with Gasteiger partial charge >= 0.3 is 0 Å². The van der Waals surface area contributed by atoms with Crippen molar-refractivity contribution in [1.29, 1.82) is 0 Å². The number of nitrogens with zero attached hydrogens (tertiary/aromatic N) is 4. The summed E-state index contributed by atoms with van der Waals surface area (Å²) in [6.45, 7) is 7.88. The molecule has 0 aliphatic carbocycles. The van der Waals surface area contributed by atoms with Crippen LogP contribution in [0.4, 0.5) is 5.95 Å². The first-order chi connectivity index (χ1) is 7.58. The Hall–Kier alpha value is -1.23. The van der Waals surface area contributed by atoms with Crippen LogP contribution in [0.25, 0.3) is 0 Å². The van der Waals surface area contributed by atoms with Crippen LogP contribution in [-0.2, 0) is 0 Å². The van der Waals surface area contributed by atoms with Crippen molar-refractivity contribution in [3.63, 3.8) is 0 Å². The molecule has 0 bridgehead atoms. The van der Waals surface area contributed by atoms with Gasteiger partial charge in [0.15, 0.2) is 0 Å². The molecule has 1 aromatic rings. The first-order valence-corrected chi connectivity index (χ1v) is 5.76. The highest BCUT2D eigenvalue weighted by atomic mass is 15.3. The van der Waals surface area contributed by atoms with Crippen LogP contribution in [0.2, 0.25) is 0 Å². The third-order valence-electron chi connectivity index (χ3n) is 3.33. The second kappa shape index (κ2) is 4.33. The molecule has 2 rings (SSSR count). The van der Waals surface area contributed by atoms with Gasteiger partial charge in [-0.05, 0) is 33.1 Å². The Morgan fingerprint density at radius 3 is 2.62 bits per heavy atom. The van der Waals surface area contributed by atoms with Gasteiger partial charge in [-0.3, -0.25) is 0 Å². The summed E-state index contributed by atoms with van der Waals surface area (Å²) >= 11 is 0. The Labute approximate surface area is 96.1 Å². The van der Waals surface area contributed by atoms with E-state index in [1.807, 2.05) is 13.8 Å². The van der Waals surface area contributed by atoms with Gasteiger partial charge < -0.3 is 10.6 Å². The van der Waals surface area contributed by atoms with E-state index >= 15 is 0 Å². The number of anilines is 1. The molecule has 0 saturated carbocycles. The van der Waals surface area contributed by atoms with E-state index in [1.165, 1.54) is 0 Å². The highest BCUT2D eigenvalue weighted by Gasteiger charge is 2.27. The Morgan fingerprint density at radius 2 is 2.06 bits per heavy atom.